The van der Waals surface area contributed by atoms with Crippen molar-refractivity contribution in [2.75, 3.05) is 5.75 Å². The van der Waals surface area contributed by atoms with Gasteiger partial charge in [-0.3, -0.25) is 9.36 Å². The number of fused-ring (bicyclic) bond motifs is 3. The first-order valence-corrected chi connectivity index (χ1v) is 10.4. The molecule has 0 bridgehead atoms. The Morgan fingerprint density at radius 2 is 2.20 bits per heavy atom. The Bertz CT molecular complexity index is 988. The zero-order chi connectivity index (χ0) is 17.4. The van der Waals surface area contributed by atoms with Gasteiger partial charge >= 0.3 is 0 Å². The lowest BCUT2D eigenvalue weighted by Gasteiger charge is -2.19. The highest BCUT2D eigenvalue weighted by Crippen LogP contribution is 2.40. The fourth-order valence-corrected chi connectivity index (χ4v) is 5.68. The van der Waals surface area contributed by atoms with Crippen LogP contribution in [0.1, 0.15) is 36.1 Å². The predicted molar refractivity (Wildman–Crippen MR) is 107 cm³/mol. The summed E-state index contributed by atoms with van der Waals surface area (Å²) < 4.78 is 1.77. The fourth-order valence-electron chi connectivity index (χ4n) is 3.55. The third-order valence-corrected chi connectivity index (χ3v) is 6.78. The van der Waals surface area contributed by atoms with Crippen molar-refractivity contribution in [2.24, 2.45) is 0 Å². The summed E-state index contributed by atoms with van der Waals surface area (Å²) in [5.41, 5.74) is 2.18. The second-order valence-electron chi connectivity index (χ2n) is 6.38. The number of para-hydroxylation sites is 1. The molecule has 0 saturated carbocycles. The smallest absolute Gasteiger partial charge is 0.267 e. The van der Waals surface area contributed by atoms with Crippen LogP contribution in [0.3, 0.4) is 0 Å². The third kappa shape index (κ3) is 2.85. The van der Waals surface area contributed by atoms with Crippen molar-refractivity contribution >= 4 is 33.3 Å². The van der Waals surface area contributed by atoms with E-state index in [1.165, 1.54) is 16.9 Å². The van der Waals surface area contributed by atoms with Crippen molar-refractivity contribution in [2.45, 2.75) is 37.3 Å². The van der Waals surface area contributed by atoms with Crippen molar-refractivity contribution < 1.29 is 0 Å². The van der Waals surface area contributed by atoms with Gasteiger partial charge in [0.05, 0.1) is 11.1 Å². The van der Waals surface area contributed by atoms with Crippen LogP contribution in [0.5, 0.6) is 0 Å². The lowest BCUT2D eigenvalue weighted by atomic mass is 9.88. The van der Waals surface area contributed by atoms with Gasteiger partial charge in [0, 0.05) is 10.6 Å². The van der Waals surface area contributed by atoms with Gasteiger partial charge in [0.15, 0.2) is 5.16 Å². The average molecular weight is 369 g/mol. The molecule has 0 aliphatic heterocycles. The summed E-state index contributed by atoms with van der Waals surface area (Å²) in [6.45, 7) is 6.03. The van der Waals surface area contributed by atoms with Gasteiger partial charge in [-0.2, -0.15) is 0 Å². The van der Waals surface area contributed by atoms with Crippen LogP contribution in [0.25, 0.3) is 15.9 Å². The standard InChI is InChI=1S/C20H20N2OS2/c1-3-12-24-20-21-18-17(16-13(2)8-7-11-15(16)25-18)19(23)22(20)14-9-5-4-6-10-14/h3-6,9-10,13H,1,7-8,11-12H2,2H3. The van der Waals surface area contributed by atoms with Crippen molar-refractivity contribution in [3.8, 4) is 5.69 Å². The number of aryl methyl sites for hydroxylation is 1. The molecule has 0 saturated heterocycles. The highest BCUT2D eigenvalue weighted by molar-refractivity contribution is 7.99. The summed E-state index contributed by atoms with van der Waals surface area (Å²) in [5, 5.41) is 1.58. The van der Waals surface area contributed by atoms with E-state index in [2.05, 4.69) is 13.5 Å². The van der Waals surface area contributed by atoms with E-state index in [1.54, 1.807) is 27.7 Å². The summed E-state index contributed by atoms with van der Waals surface area (Å²) in [7, 11) is 0. The minimum absolute atomic E-state index is 0.0639. The van der Waals surface area contributed by atoms with E-state index >= 15 is 0 Å². The molecular formula is C20H20N2OS2. The number of hydrogen-bond donors (Lipinski definition) is 0. The number of nitrogens with zero attached hydrogens (tertiary/aromatic N) is 2. The van der Waals surface area contributed by atoms with E-state index in [9.17, 15) is 4.79 Å². The first kappa shape index (κ1) is 16.6. The van der Waals surface area contributed by atoms with E-state index in [4.69, 9.17) is 4.98 Å². The topological polar surface area (TPSA) is 34.9 Å². The van der Waals surface area contributed by atoms with Crippen LogP contribution in [0, 0.1) is 0 Å². The predicted octanol–water partition coefficient (Wildman–Crippen LogP) is 5.17. The van der Waals surface area contributed by atoms with Gasteiger partial charge < -0.3 is 0 Å². The minimum atomic E-state index is 0.0639. The van der Waals surface area contributed by atoms with Crippen LogP contribution in [-0.4, -0.2) is 15.3 Å². The molecule has 0 amide bonds. The van der Waals surface area contributed by atoms with E-state index < -0.39 is 0 Å². The third-order valence-electron chi connectivity index (χ3n) is 4.69. The molecule has 2 aromatic heterocycles. The maximum Gasteiger partial charge on any atom is 0.267 e. The molecule has 2 heterocycles. The molecule has 3 aromatic rings. The first-order chi connectivity index (χ1) is 12.2. The zero-order valence-corrected chi connectivity index (χ0v) is 15.8. The summed E-state index contributed by atoms with van der Waals surface area (Å²) in [6.07, 6.45) is 5.26. The van der Waals surface area contributed by atoms with Crippen molar-refractivity contribution in [1.29, 1.82) is 0 Å². The van der Waals surface area contributed by atoms with E-state index in [0.29, 0.717) is 5.92 Å². The van der Waals surface area contributed by atoms with Crippen LogP contribution < -0.4 is 5.56 Å². The Hall–Kier alpha value is -1.85. The Morgan fingerprint density at radius 3 is 2.96 bits per heavy atom. The van der Waals surface area contributed by atoms with E-state index in [-0.39, 0.29) is 5.56 Å². The summed E-state index contributed by atoms with van der Waals surface area (Å²) in [5.74, 6) is 1.16. The van der Waals surface area contributed by atoms with E-state index in [1.807, 2.05) is 36.4 Å². The van der Waals surface area contributed by atoms with Gasteiger partial charge in [0.1, 0.15) is 4.83 Å². The average Bonchev–Trinajstić information content (AvgIpc) is 3.00. The molecule has 1 aliphatic carbocycles. The molecule has 4 rings (SSSR count). The van der Waals surface area contributed by atoms with Crippen LogP contribution >= 0.6 is 23.1 Å². The lowest BCUT2D eigenvalue weighted by molar-refractivity contribution is 0.601. The molecule has 0 radical (unpaired) electrons. The van der Waals surface area contributed by atoms with Gasteiger partial charge in [0.25, 0.3) is 5.56 Å². The van der Waals surface area contributed by atoms with Crippen LogP contribution in [0.4, 0.5) is 0 Å². The Kier molecular flexibility index (Phi) is 4.52. The zero-order valence-electron chi connectivity index (χ0n) is 14.2. The van der Waals surface area contributed by atoms with Crippen molar-refractivity contribution in [3.05, 3.63) is 63.8 Å². The summed E-state index contributed by atoms with van der Waals surface area (Å²) in [6, 6.07) is 9.81. The number of thioether (sulfide) groups is 1. The van der Waals surface area contributed by atoms with Crippen LogP contribution in [-0.2, 0) is 6.42 Å². The normalized spacial score (nSPS) is 16.8. The number of aromatic nitrogens is 2. The highest BCUT2D eigenvalue weighted by Gasteiger charge is 2.26. The second kappa shape index (κ2) is 6.81. The highest BCUT2D eigenvalue weighted by atomic mass is 32.2. The van der Waals surface area contributed by atoms with Gasteiger partial charge in [0.2, 0.25) is 0 Å². The number of hydrogen-bond acceptors (Lipinski definition) is 4. The molecule has 3 nitrogen and oxygen atoms in total. The lowest BCUT2D eigenvalue weighted by Crippen LogP contribution is -2.22. The molecule has 0 fully saturated rings. The minimum Gasteiger partial charge on any atom is -0.268 e. The quantitative estimate of drug-likeness (QED) is 0.362. The molecule has 1 atom stereocenters. The molecule has 128 valence electrons. The Labute approximate surface area is 155 Å². The van der Waals surface area contributed by atoms with Gasteiger partial charge in [-0.05, 0) is 42.9 Å². The first-order valence-electron chi connectivity index (χ1n) is 8.58. The second-order valence-corrected chi connectivity index (χ2v) is 8.45. The van der Waals surface area contributed by atoms with E-state index in [0.717, 1.165) is 39.7 Å². The van der Waals surface area contributed by atoms with Gasteiger partial charge in [-0.25, -0.2) is 4.98 Å². The molecule has 25 heavy (non-hydrogen) atoms. The molecular weight excluding hydrogens is 348 g/mol. The van der Waals surface area contributed by atoms with Gasteiger partial charge in [-0.1, -0.05) is 43.0 Å². The van der Waals surface area contributed by atoms with Crippen LogP contribution in [0.2, 0.25) is 0 Å². The molecule has 1 aliphatic rings. The number of benzene rings is 1. The monoisotopic (exact) mass is 368 g/mol. The van der Waals surface area contributed by atoms with Crippen LogP contribution in [0.15, 0.2) is 52.9 Å². The largest absolute Gasteiger partial charge is 0.268 e. The Balaban J connectivity index is 2.03. The van der Waals surface area contributed by atoms with Crippen molar-refractivity contribution in [3.63, 3.8) is 0 Å². The fraction of sp³-hybridized carbons (Fsp3) is 0.300. The molecule has 1 aromatic carbocycles. The van der Waals surface area contributed by atoms with Gasteiger partial charge in [-0.15, -0.1) is 17.9 Å². The molecule has 5 heteroatoms. The summed E-state index contributed by atoms with van der Waals surface area (Å²) in [4.78, 5) is 20.6. The maximum absolute atomic E-state index is 13.5. The number of rotatable bonds is 4. The van der Waals surface area contributed by atoms with Crippen molar-refractivity contribution in [1.82, 2.24) is 9.55 Å². The number of thiophene rings is 1. The Morgan fingerprint density at radius 1 is 1.40 bits per heavy atom. The SMILES string of the molecule is C=CCSc1nc2sc3c(c2c(=O)n1-c1ccccc1)C(C)CCC3. The summed E-state index contributed by atoms with van der Waals surface area (Å²) >= 11 is 3.26. The maximum atomic E-state index is 13.5. The molecule has 1 unspecified atom stereocenters. The molecule has 0 spiro atoms. The molecule has 0 N–H and O–H groups in total.